The van der Waals surface area contributed by atoms with Crippen LogP contribution in [-0.4, -0.2) is 69.7 Å². The van der Waals surface area contributed by atoms with Crippen LogP contribution < -0.4 is 0 Å². The molecule has 0 unspecified atom stereocenters. The summed E-state index contributed by atoms with van der Waals surface area (Å²) < 4.78 is 4.49. The van der Waals surface area contributed by atoms with E-state index in [2.05, 4.69) is 4.74 Å². The number of Topliss-reactive ketones (excluding diaryl/α,β-unsaturated/α-hetero) is 1. The maximum Gasteiger partial charge on any atom is 0.313 e. The number of rotatable bonds is 3. The number of carbonyl (C=O) groups excluding carboxylic acids is 2. The smallest absolute Gasteiger partial charge is 0.313 e. The minimum Gasteiger partial charge on any atom is -0.466 e. The van der Waals surface area contributed by atoms with Crippen molar-refractivity contribution in [2.24, 2.45) is 0 Å². The Labute approximate surface area is 103 Å². The zero-order valence-electron chi connectivity index (χ0n) is 6.64. The van der Waals surface area contributed by atoms with Crippen LogP contribution >= 0.6 is 0 Å². The number of esters is 1. The van der Waals surface area contributed by atoms with Crippen molar-refractivity contribution in [2.45, 2.75) is 20.3 Å². The summed E-state index contributed by atoms with van der Waals surface area (Å²) in [6, 6.07) is 0. The van der Waals surface area contributed by atoms with Crippen molar-refractivity contribution in [3.05, 3.63) is 0 Å². The van der Waals surface area contributed by atoms with Crippen molar-refractivity contribution in [1.29, 1.82) is 0 Å². The Morgan fingerprint density at radius 1 is 1.40 bits per heavy atom. The molecule has 0 bridgehead atoms. The quantitative estimate of drug-likeness (QED) is 0.343. The number of ether oxygens (including phenoxy) is 1. The molecule has 0 aromatic carbocycles. The maximum absolute atomic E-state index is 10.4. The summed E-state index contributed by atoms with van der Waals surface area (Å²) in [4.78, 5) is 20.6. The van der Waals surface area contributed by atoms with E-state index in [9.17, 15) is 9.59 Å². The SMILES string of the molecule is CCOC(=O)CC(C)=O.[K]. The van der Waals surface area contributed by atoms with Crippen molar-refractivity contribution >= 4 is 63.1 Å². The molecule has 3 nitrogen and oxygen atoms in total. The molecular weight excluding hydrogens is 159 g/mol. The van der Waals surface area contributed by atoms with E-state index in [1.165, 1.54) is 6.92 Å². The number of hydrogen-bond donors (Lipinski definition) is 0. The Hall–Kier alpha value is 0.776. The molecule has 53 valence electrons. The van der Waals surface area contributed by atoms with Crippen molar-refractivity contribution in [2.75, 3.05) is 6.61 Å². The Kier molecular flexibility index (Phi) is 10.5. The molecule has 0 aliphatic heterocycles. The number of hydrogen-bond acceptors (Lipinski definition) is 3. The fourth-order valence-electron chi connectivity index (χ4n) is 0.415. The predicted molar refractivity (Wildman–Crippen MR) is 37.7 cm³/mol. The van der Waals surface area contributed by atoms with Gasteiger partial charge in [-0.2, -0.15) is 0 Å². The Morgan fingerprint density at radius 3 is 2.20 bits per heavy atom. The molecule has 0 amide bonds. The monoisotopic (exact) mass is 169 g/mol. The van der Waals surface area contributed by atoms with Crippen LogP contribution in [-0.2, 0) is 14.3 Å². The van der Waals surface area contributed by atoms with Gasteiger partial charge in [-0.1, -0.05) is 0 Å². The van der Waals surface area contributed by atoms with Gasteiger partial charge < -0.3 is 4.74 Å². The molecule has 0 aliphatic rings. The van der Waals surface area contributed by atoms with E-state index in [1.54, 1.807) is 6.92 Å². The first kappa shape index (κ1) is 13.4. The van der Waals surface area contributed by atoms with Gasteiger partial charge in [0, 0.05) is 51.4 Å². The van der Waals surface area contributed by atoms with Crippen molar-refractivity contribution in [3.63, 3.8) is 0 Å². The van der Waals surface area contributed by atoms with Gasteiger partial charge >= 0.3 is 5.97 Å². The average Bonchev–Trinajstić information content (AvgIpc) is 1.63. The topological polar surface area (TPSA) is 43.4 Å². The summed E-state index contributed by atoms with van der Waals surface area (Å²) in [6.07, 6.45) is -0.103. The third-order valence-corrected chi connectivity index (χ3v) is 0.699. The molecule has 0 aromatic rings. The second kappa shape index (κ2) is 7.88. The van der Waals surface area contributed by atoms with E-state index in [-0.39, 0.29) is 63.6 Å². The van der Waals surface area contributed by atoms with Crippen LogP contribution in [0.25, 0.3) is 0 Å². The van der Waals surface area contributed by atoms with Crippen molar-refractivity contribution in [1.82, 2.24) is 0 Å². The zero-order chi connectivity index (χ0) is 7.28. The molecular formula is C6H10KO3. The summed E-state index contributed by atoms with van der Waals surface area (Å²) in [7, 11) is 0. The molecule has 0 aliphatic carbocycles. The van der Waals surface area contributed by atoms with Crippen molar-refractivity contribution < 1.29 is 14.3 Å². The van der Waals surface area contributed by atoms with Crippen LogP contribution in [0.5, 0.6) is 0 Å². The van der Waals surface area contributed by atoms with Crippen molar-refractivity contribution in [3.8, 4) is 0 Å². The van der Waals surface area contributed by atoms with Gasteiger partial charge in [0.2, 0.25) is 0 Å². The summed E-state index contributed by atoms with van der Waals surface area (Å²) in [5.41, 5.74) is 0. The van der Waals surface area contributed by atoms with Gasteiger partial charge in [0.05, 0.1) is 6.61 Å². The molecule has 4 heteroatoms. The molecule has 0 saturated carbocycles. The average molecular weight is 169 g/mol. The summed E-state index contributed by atoms with van der Waals surface area (Å²) in [6.45, 7) is 3.40. The summed E-state index contributed by atoms with van der Waals surface area (Å²) >= 11 is 0. The molecule has 0 atom stereocenters. The first-order valence-corrected chi connectivity index (χ1v) is 2.82. The van der Waals surface area contributed by atoms with Gasteiger partial charge in [-0.15, -0.1) is 0 Å². The third kappa shape index (κ3) is 8.78. The normalized spacial score (nSPS) is 7.80. The second-order valence-corrected chi connectivity index (χ2v) is 1.68. The molecule has 0 aromatic heterocycles. The van der Waals surface area contributed by atoms with Gasteiger partial charge in [-0.05, 0) is 13.8 Å². The van der Waals surface area contributed by atoms with Gasteiger partial charge in [0.1, 0.15) is 12.2 Å². The minimum absolute atomic E-state index is 0. The number of ketones is 1. The summed E-state index contributed by atoms with van der Waals surface area (Å²) in [5, 5.41) is 0. The van der Waals surface area contributed by atoms with Gasteiger partial charge in [-0.25, -0.2) is 0 Å². The van der Waals surface area contributed by atoms with Crippen LogP contribution in [0.15, 0.2) is 0 Å². The zero-order valence-corrected chi connectivity index (χ0v) is 9.76. The Balaban J connectivity index is 0. The van der Waals surface area contributed by atoms with Gasteiger partial charge in [0.15, 0.2) is 0 Å². The van der Waals surface area contributed by atoms with Crippen LogP contribution in [0, 0.1) is 0 Å². The van der Waals surface area contributed by atoms with Crippen LogP contribution in [0.1, 0.15) is 20.3 Å². The largest absolute Gasteiger partial charge is 0.466 e. The summed E-state index contributed by atoms with van der Waals surface area (Å²) in [5.74, 6) is -0.599. The van der Waals surface area contributed by atoms with E-state index in [0.29, 0.717) is 6.61 Å². The molecule has 0 fully saturated rings. The van der Waals surface area contributed by atoms with E-state index < -0.39 is 5.97 Å². The molecule has 0 rings (SSSR count). The van der Waals surface area contributed by atoms with Gasteiger partial charge in [0.25, 0.3) is 0 Å². The fraction of sp³-hybridized carbons (Fsp3) is 0.667. The minimum atomic E-state index is -0.440. The predicted octanol–water partition coefficient (Wildman–Crippen LogP) is 0.148. The fourth-order valence-corrected chi connectivity index (χ4v) is 0.415. The standard InChI is InChI=1S/C6H10O3.K/c1-3-9-6(8)4-5(2)7;/h3-4H2,1-2H3;. The van der Waals surface area contributed by atoms with Crippen LogP contribution in [0.4, 0.5) is 0 Å². The van der Waals surface area contributed by atoms with E-state index in [1.807, 2.05) is 0 Å². The second-order valence-electron chi connectivity index (χ2n) is 1.68. The van der Waals surface area contributed by atoms with E-state index in [4.69, 9.17) is 0 Å². The Morgan fingerprint density at radius 2 is 1.90 bits per heavy atom. The van der Waals surface area contributed by atoms with Crippen LogP contribution in [0.2, 0.25) is 0 Å². The molecule has 1 radical (unpaired) electrons. The molecule has 0 spiro atoms. The third-order valence-electron chi connectivity index (χ3n) is 0.699. The van der Waals surface area contributed by atoms with E-state index >= 15 is 0 Å². The number of carbonyl (C=O) groups is 2. The molecule has 10 heavy (non-hydrogen) atoms. The molecule has 0 heterocycles. The maximum atomic E-state index is 10.4. The van der Waals surface area contributed by atoms with Gasteiger partial charge in [-0.3, -0.25) is 9.59 Å². The first-order valence-electron chi connectivity index (χ1n) is 2.82. The molecule has 0 N–H and O–H groups in total. The van der Waals surface area contributed by atoms with E-state index in [0.717, 1.165) is 0 Å². The Bertz CT molecular complexity index is 122. The van der Waals surface area contributed by atoms with Crippen LogP contribution in [0.3, 0.4) is 0 Å². The molecule has 0 saturated heterocycles. The first-order chi connectivity index (χ1) is 4.16.